The summed E-state index contributed by atoms with van der Waals surface area (Å²) >= 11 is 0. The Balaban J connectivity index is 1.70. The van der Waals surface area contributed by atoms with Crippen LogP contribution in [0.1, 0.15) is 35.7 Å². The van der Waals surface area contributed by atoms with Gasteiger partial charge in [-0.25, -0.2) is 0 Å². The molecule has 0 fully saturated rings. The van der Waals surface area contributed by atoms with Crippen molar-refractivity contribution >= 4 is 17.4 Å². The lowest BCUT2D eigenvalue weighted by atomic mass is 10.1. The molecule has 2 aromatic carbocycles. The van der Waals surface area contributed by atoms with Crippen molar-refractivity contribution in [1.82, 2.24) is 0 Å². The molecular weight excluding hydrogens is 290 g/mol. The number of carbonyl (C=O) groups is 2. The molecule has 0 atom stereocenters. The minimum atomic E-state index is -0.0221. The van der Waals surface area contributed by atoms with Gasteiger partial charge in [0.1, 0.15) is 5.75 Å². The highest BCUT2D eigenvalue weighted by Gasteiger charge is 2.03. The molecule has 0 heterocycles. The fourth-order valence-electron chi connectivity index (χ4n) is 2.15. The summed E-state index contributed by atoms with van der Waals surface area (Å²) in [6.45, 7) is 3.98. The second-order valence-corrected chi connectivity index (χ2v) is 5.45. The molecule has 0 saturated heterocycles. The number of Topliss-reactive ketones (excluding diaryl/α,β-unsaturated/α-hetero) is 1. The van der Waals surface area contributed by atoms with E-state index >= 15 is 0 Å². The van der Waals surface area contributed by atoms with E-state index in [1.807, 2.05) is 31.2 Å². The molecule has 2 aromatic rings. The first-order chi connectivity index (χ1) is 11.0. The van der Waals surface area contributed by atoms with Crippen molar-refractivity contribution in [2.24, 2.45) is 0 Å². The van der Waals surface area contributed by atoms with Crippen molar-refractivity contribution in [3.05, 3.63) is 59.7 Å². The molecule has 0 unspecified atom stereocenters. The maximum atomic E-state index is 11.9. The first kappa shape index (κ1) is 16.7. The standard InChI is InChI=1S/C19H21NO3/c1-14-5-3-6-17(13-14)20-19(22)7-4-12-23-18-10-8-16(9-11-18)15(2)21/h3,5-6,8-11,13H,4,7,12H2,1-2H3,(H,20,22). The number of nitrogens with one attached hydrogen (secondary N) is 1. The van der Waals surface area contributed by atoms with Crippen LogP contribution in [0.4, 0.5) is 5.69 Å². The van der Waals surface area contributed by atoms with Crippen LogP contribution in [0.25, 0.3) is 0 Å². The third-order valence-corrected chi connectivity index (χ3v) is 3.38. The van der Waals surface area contributed by atoms with E-state index < -0.39 is 0 Å². The maximum absolute atomic E-state index is 11.9. The van der Waals surface area contributed by atoms with Gasteiger partial charge in [0.15, 0.2) is 5.78 Å². The van der Waals surface area contributed by atoms with Gasteiger partial charge in [0, 0.05) is 17.7 Å². The van der Waals surface area contributed by atoms with Crippen LogP contribution in [0.2, 0.25) is 0 Å². The number of ketones is 1. The molecule has 0 bridgehead atoms. The van der Waals surface area contributed by atoms with Gasteiger partial charge in [-0.05, 0) is 62.2 Å². The van der Waals surface area contributed by atoms with Gasteiger partial charge in [0.2, 0.25) is 5.91 Å². The molecule has 23 heavy (non-hydrogen) atoms. The first-order valence-corrected chi connectivity index (χ1v) is 7.65. The second kappa shape index (κ2) is 8.13. The Morgan fingerprint density at radius 2 is 1.83 bits per heavy atom. The van der Waals surface area contributed by atoms with Crippen molar-refractivity contribution in [1.29, 1.82) is 0 Å². The molecule has 1 N–H and O–H groups in total. The molecule has 0 aromatic heterocycles. The zero-order valence-corrected chi connectivity index (χ0v) is 13.5. The summed E-state index contributed by atoms with van der Waals surface area (Å²) in [4.78, 5) is 23.0. The number of hydrogen-bond donors (Lipinski definition) is 1. The molecular formula is C19H21NO3. The Bertz CT molecular complexity index is 677. The third-order valence-electron chi connectivity index (χ3n) is 3.38. The highest BCUT2D eigenvalue weighted by molar-refractivity contribution is 5.94. The lowest BCUT2D eigenvalue weighted by molar-refractivity contribution is -0.116. The van der Waals surface area contributed by atoms with Crippen molar-refractivity contribution in [3.63, 3.8) is 0 Å². The zero-order chi connectivity index (χ0) is 16.7. The lowest BCUT2D eigenvalue weighted by Crippen LogP contribution is -2.12. The Morgan fingerprint density at radius 1 is 1.09 bits per heavy atom. The Kier molecular flexibility index (Phi) is 5.92. The van der Waals surface area contributed by atoms with Crippen LogP contribution in [0.3, 0.4) is 0 Å². The van der Waals surface area contributed by atoms with Crippen LogP contribution < -0.4 is 10.1 Å². The van der Waals surface area contributed by atoms with Crippen LogP contribution in [-0.2, 0) is 4.79 Å². The van der Waals surface area contributed by atoms with E-state index in [-0.39, 0.29) is 11.7 Å². The zero-order valence-electron chi connectivity index (χ0n) is 13.5. The van der Waals surface area contributed by atoms with Crippen molar-refractivity contribution in [2.75, 3.05) is 11.9 Å². The van der Waals surface area contributed by atoms with E-state index in [0.29, 0.717) is 30.8 Å². The quantitative estimate of drug-likeness (QED) is 0.621. The van der Waals surface area contributed by atoms with Gasteiger partial charge in [0.25, 0.3) is 0 Å². The van der Waals surface area contributed by atoms with Crippen molar-refractivity contribution in [2.45, 2.75) is 26.7 Å². The van der Waals surface area contributed by atoms with Crippen LogP contribution in [-0.4, -0.2) is 18.3 Å². The number of rotatable bonds is 7. The molecule has 0 spiro atoms. The van der Waals surface area contributed by atoms with Gasteiger partial charge < -0.3 is 10.1 Å². The minimum absolute atomic E-state index is 0.0221. The van der Waals surface area contributed by atoms with E-state index in [4.69, 9.17) is 4.74 Å². The van der Waals surface area contributed by atoms with Gasteiger partial charge >= 0.3 is 0 Å². The predicted molar refractivity (Wildman–Crippen MR) is 91.0 cm³/mol. The topological polar surface area (TPSA) is 55.4 Å². The summed E-state index contributed by atoms with van der Waals surface area (Å²) in [5, 5.41) is 2.87. The van der Waals surface area contributed by atoms with Crippen LogP contribution >= 0.6 is 0 Å². The number of benzene rings is 2. The van der Waals surface area contributed by atoms with Crippen LogP contribution in [0.5, 0.6) is 5.75 Å². The van der Waals surface area contributed by atoms with Gasteiger partial charge in [-0.3, -0.25) is 9.59 Å². The Hall–Kier alpha value is -2.62. The highest BCUT2D eigenvalue weighted by atomic mass is 16.5. The fraction of sp³-hybridized carbons (Fsp3) is 0.263. The molecule has 0 radical (unpaired) electrons. The van der Waals surface area contributed by atoms with Crippen LogP contribution in [0, 0.1) is 6.92 Å². The molecule has 120 valence electrons. The van der Waals surface area contributed by atoms with Gasteiger partial charge in [0.05, 0.1) is 6.61 Å². The number of ether oxygens (including phenoxy) is 1. The van der Waals surface area contributed by atoms with Crippen molar-refractivity contribution < 1.29 is 14.3 Å². The molecule has 2 rings (SSSR count). The summed E-state index contributed by atoms with van der Waals surface area (Å²) in [6.07, 6.45) is 1.03. The molecule has 4 heteroatoms. The maximum Gasteiger partial charge on any atom is 0.224 e. The lowest BCUT2D eigenvalue weighted by Gasteiger charge is -2.08. The Labute approximate surface area is 136 Å². The molecule has 4 nitrogen and oxygen atoms in total. The largest absolute Gasteiger partial charge is 0.494 e. The number of amides is 1. The van der Waals surface area contributed by atoms with Gasteiger partial charge in [-0.15, -0.1) is 0 Å². The predicted octanol–water partition coefficient (Wildman–Crippen LogP) is 4.00. The van der Waals surface area contributed by atoms with Crippen LogP contribution in [0.15, 0.2) is 48.5 Å². The molecule has 0 aliphatic carbocycles. The van der Waals surface area contributed by atoms with Gasteiger partial charge in [-0.1, -0.05) is 12.1 Å². The molecule has 0 aliphatic rings. The monoisotopic (exact) mass is 311 g/mol. The summed E-state index contributed by atoms with van der Waals surface area (Å²) in [5.74, 6) is 0.713. The normalized spacial score (nSPS) is 10.2. The van der Waals surface area contributed by atoms with E-state index in [0.717, 1.165) is 11.3 Å². The summed E-state index contributed by atoms with van der Waals surface area (Å²) in [6, 6.07) is 14.7. The second-order valence-electron chi connectivity index (χ2n) is 5.45. The van der Waals surface area contributed by atoms with E-state index in [9.17, 15) is 9.59 Å². The van der Waals surface area contributed by atoms with Crippen molar-refractivity contribution in [3.8, 4) is 5.75 Å². The number of carbonyl (C=O) groups excluding carboxylic acids is 2. The molecule has 0 saturated carbocycles. The van der Waals surface area contributed by atoms with Gasteiger partial charge in [-0.2, -0.15) is 0 Å². The number of anilines is 1. The summed E-state index contributed by atoms with van der Waals surface area (Å²) in [5.41, 5.74) is 2.59. The molecule has 0 aliphatic heterocycles. The number of hydrogen-bond acceptors (Lipinski definition) is 3. The smallest absolute Gasteiger partial charge is 0.224 e. The fourth-order valence-corrected chi connectivity index (χ4v) is 2.15. The van der Waals surface area contributed by atoms with E-state index in [1.165, 1.54) is 6.92 Å². The third kappa shape index (κ3) is 5.58. The summed E-state index contributed by atoms with van der Waals surface area (Å²) in [7, 11) is 0. The Morgan fingerprint density at radius 3 is 2.48 bits per heavy atom. The number of aryl methyl sites for hydroxylation is 1. The highest BCUT2D eigenvalue weighted by Crippen LogP contribution is 2.13. The average molecular weight is 311 g/mol. The van der Waals surface area contributed by atoms with E-state index in [1.54, 1.807) is 24.3 Å². The SMILES string of the molecule is CC(=O)c1ccc(OCCCC(=O)Nc2cccc(C)c2)cc1. The van der Waals surface area contributed by atoms with E-state index in [2.05, 4.69) is 5.32 Å². The average Bonchev–Trinajstić information content (AvgIpc) is 2.52. The molecule has 1 amide bonds. The summed E-state index contributed by atoms with van der Waals surface area (Å²) < 4.78 is 5.57. The minimum Gasteiger partial charge on any atom is -0.494 e. The first-order valence-electron chi connectivity index (χ1n) is 7.65.